The van der Waals surface area contributed by atoms with E-state index in [4.69, 9.17) is 21.7 Å². The molecule has 0 amide bonds. The standard InChI is InChI=1S/C13H22O4S2/c1-5-16-13(15)9(2)8-12(17-10(3)14)6-7-19-11(4)18/h9,12H,5-8H2,1-4H3. The number of hydrogen-bond acceptors (Lipinski definition) is 6. The Morgan fingerprint density at radius 3 is 2.42 bits per heavy atom. The molecule has 0 aromatic heterocycles. The van der Waals surface area contributed by atoms with E-state index in [2.05, 4.69) is 0 Å². The molecule has 0 saturated carbocycles. The first-order valence-corrected chi connectivity index (χ1v) is 7.73. The summed E-state index contributed by atoms with van der Waals surface area (Å²) >= 11 is 6.54. The Hall–Kier alpha value is -0.620. The van der Waals surface area contributed by atoms with Gasteiger partial charge in [-0.2, -0.15) is 0 Å². The number of carbonyl (C=O) groups is 2. The second kappa shape index (κ2) is 10.2. The van der Waals surface area contributed by atoms with Crippen LogP contribution in [-0.2, 0) is 19.1 Å². The van der Waals surface area contributed by atoms with Crippen molar-refractivity contribution in [3.05, 3.63) is 0 Å². The highest BCUT2D eigenvalue weighted by Crippen LogP contribution is 2.17. The van der Waals surface area contributed by atoms with Gasteiger partial charge in [0, 0.05) is 16.9 Å². The lowest BCUT2D eigenvalue weighted by Crippen LogP contribution is -2.25. The van der Waals surface area contributed by atoms with Crippen molar-refractivity contribution in [3.8, 4) is 0 Å². The number of ether oxygens (including phenoxy) is 2. The quantitative estimate of drug-likeness (QED) is 0.507. The molecule has 0 saturated heterocycles. The van der Waals surface area contributed by atoms with Crippen LogP contribution in [0.3, 0.4) is 0 Å². The molecule has 0 N–H and O–H groups in total. The van der Waals surface area contributed by atoms with Crippen LogP contribution in [0.2, 0.25) is 0 Å². The van der Waals surface area contributed by atoms with Gasteiger partial charge < -0.3 is 9.47 Å². The molecule has 0 radical (unpaired) electrons. The Bertz CT molecular complexity index is 318. The van der Waals surface area contributed by atoms with Crippen LogP contribution in [0, 0.1) is 5.92 Å². The van der Waals surface area contributed by atoms with Crippen molar-refractivity contribution in [2.24, 2.45) is 5.92 Å². The number of esters is 2. The number of rotatable bonds is 8. The number of thiocarbonyl (C=S) groups is 1. The van der Waals surface area contributed by atoms with Crippen molar-refractivity contribution in [2.45, 2.75) is 46.6 Å². The average molecular weight is 306 g/mol. The highest BCUT2D eigenvalue weighted by Gasteiger charge is 2.21. The number of thioether (sulfide) groups is 1. The molecular weight excluding hydrogens is 284 g/mol. The molecule has 19 heavy (non-hydrogen) atoms. The highest BCUT2D eigenvalue weighted by molar-refractivity contribution is 8.23. The maximum Gasteiger partial charge on any atom is 0.308 e. The lowest BCUT2D eigenvalue weighted by Gasteiger charge is -2.19. The van der Waals surface area contributed by atoms with Crippen molar-refractivity contribution in [1.29, 1.82) is 0 Å². The number of carbonyl (C=O) groups excluding carboxylic acids is 2. The van der Waals surface area contributed by atoms with Crippen LogP contribution in [0.15, 0.2) is 0 Å². The first kappa shape index (κ1) is 18.4. The van der Waals surface area contributed by atoms with Gasteiger partial charge in [0.05, 0.1) is 12.5 Å². The minimum atomic E-state index is -0.329. The van der Waals surface area contributed by atoms with Gasteiger partial charge in [0.15, 0.2) is 0 Å². The van der Waals surface area contributed by atoms with Gasteiger partial charge in [-0.25, -0.2) is 0 Å². The summed E-state index contributed by atoms with van der Waals surface area (Å²) in [6.45, 7) is 7.15. The van der Waals surface area contributed by atoms with Crippen molar-refractivity contribution in [3.63, 3.8) is 0 Å². The molecule has 0 aliphatic carbocycles. The van der Waals surface area contributed by atoms with E-state index >= 15 is 0 Å². The van der Waals surface area contributed by atoms with Gasteiger partial charge in [0.2, 0.25) is 0 Å². The third kappa shape index (κ3) is 9.90. The largest absolute Gasteiger partial charge is 0.466 e. The Labute approximate surface area is 124 Å². The molecule has 0 aromatic carbocycles. The van der Waals surface area contributed by atoms with Gasteiger partial charge in [0.1, 0.15) is 6.10 Å². The summed E-state index contributed by atoms with van der Waals surface area (Å²) in [5, 5.41) is 0. The summed E-state index contributed by atoms with van der Waals surface area (Å²) in [4.78, 5) is 22.6. The third-order valence-corrected chi connectivity index (χ3v) is 3.58. The van der Waals surface area contributed by atoms with E-state index in [1.165, 1.54) is 6.92 Å². The lowest BCUT2D eigenvalue weighted by atomic mass is 10.0. The zero-order valence-electron chi connectivity index (χ0n) is 11.9. The maximum absolute atomic E-state index is 11.6. The van der Waals surface area contributed by atoms with Crippen LogP contribution < -0.4 is 0 Å². The van der Waals surface area contributed by atoms with Crippen molar-refractivity contribution in [1.82, 2.24) is 0 Å². The van der Waals surface area contributed by atoms with Gasteiger partial charge in [-0.05, 0) is 26.7 Å². The van der Waals surface area contributed by atoms with E-state index in [-0.39, 0.29) is 24.0 Å². The minimum absolute atomic E-state index is 0.252. The Morgan fingerprint density at radius 2 is 1.95 bits per heavy atom. The van der Waals surface area contributed by atoms with Crippen LogP contribution in [0.4, 0.5) is 0 Å². The molecule has 2 atom stereocenters. The second-order valence-corrected chi connectivity index (χ2v) is 6.43. The molecule has 4 nitrogen and oxygen atoms in total. The predicted molar refractivity (Wildman–Crippen MR) is 81.3 cm³/mol. The van der Waals surface area contributed by atoms with E-state index in [0.29, 0.717) is 19.4 Å². The lowest BCUT2D eigenvalue weighted by molar-refractivity contribution is -0.153. The summed E-state index contributed by atoms with van der Waals surface area (Å²) in [6.07, 6.45) is 0.899. The fraction of sp³-hybridized carbons (Fsp3) is 0.769. The smallest absolute Gasteiger partial charge is 0.308 e. The van der Waals surface area contributed by atoms with E-state index in [9.17, 15) is 9.59 Å². The molecule has 0 rings (SSSR count). The zero-order chi connectivity index (χ0) is 14.8. The van der Waals surface area contributed by atoms with Crippen molar-refractivity contribution < 1.29 is 19.1 Å². The fourth-order valence-corrected chi connectivity index (χ4v) is 2.49. The van der Waals surface area contributed by atoms with E-state index in [1.54, 1.807) is 25.6 Å². The SMILES string of the molecule is CCOC(=O)C(C)CC(CCSC(C)=S)OC(C)=O. The van der Waals surface area contributed by atoms with Crippen molar-refractivity contribution in [2.75, 3.05) is 12.4 Å². The molecule has 0 aromatic rings. The summed E-state index contributed by atoms with van der Waals surface area (Å²) in [5.41, 5.74) is 0. The first-order valence-electron chi connectivity index (χ1n) is 6.34. The highest BCUT2D eigenvalue weighted by atomic mass is 32.2. The van der Waals surface area contributed by atoms with Gasteiger partial charge in [-0.1, -0.05) is 19.1 Å². The molecule has 0 spiro atoms. The van der Waals surface area contributed by atoms with Gasteiger partial charge >= 0.3 is 11.9 Å². The van der Waals surface area contributed by atoms with Crippen LogP contribution >= 0.6 is 24.0 Å². The third-order valence-electron chi connectivity index (χ3n) is 2.38. The van der Waals surface area contributed by atoms with Gasteiger partial charge in [-0.15, -0.1) is 11.8 Å². The van der Waals surface area contributed by atoms with Crippen LogP contribution in [0.1, 0.15) is 40.5 Å². The maximum atomic E-state index is 11.6. The monoisotopic (exact) mass is 306 g/mol. The van der Waals surface area contributed by atoms with Crippen molar-refractivity contribution >= 4 is 40.1 Å². The van der Waals surface area contributed by atoms with Crippen LogP contribution in [-0.4, -0.2) is 34.6 Å². The molecule has 0 fully saturated rings. The van der Waals surface area contributed by atoms with E-state index in [0.717, 1.165) is 9.95 Å². The summed E-state index contributed by atoms with van der Waals surface area (Å²) in [5.74, 6) is -0.0747. The molecule has 6 heteroatoms. The van der Waals surface area contributed by atoms with Gasteiger partial charge in [-0.3, -0.25) is 9.59 Å². The summed E-state index contributed by atoms with van der Waals surface area (Å²) in [6, 6.07) is 0. The first-order chi connectivity index (χ1) is 8.86. The molecule has 2 unspecified atom stereocenters. The van der Waals surface area contributed by atoms with E-state index in [1.807, 2.05) is 6.92 Å². The zero-order valence-corrected chi connectivity index (χ0v) is 13.6. The minimum Gasteiger partial charge on any atom is -0.466 e. The second-order valence-electron chi connectivity index (χ2n) is 4.25. The molecular formula is C13H22O4S2. The summed E-state index contributed by atoms with van der Waals surface area (Å²) in [7, 11) is 0. The van der Waals surface area contributed by atoms with Crippen LogP contribution in [0.25, 0.3) is 0 Å². The Kier molecular flexibility index (Phi) is 9.87. The normalized spacial score (nSPS) is 13.5. The van der Waals surface area contributed by atoms with Gasteiger partial charge in [0.25, 0.3) is 0 Å². The molecule has 0 bridgehead atoms. The molecule has 0 aliphatic heterocycles. The molecule has 0 aliphatic rings. The number of hydrogen-bond donors (Lipinski definition) is 0. The fourth-order valence-electron chi connectivity index (χ4n) is 1.57. The van der Waals surface area contributed by atoms with Crippen LogP contribution in [0.5, 0.6) is 0 Å². The Morgan fingerprint density at radius 1 is 1.32 bits per heavy atom. The predicted octanol–water partition coefficient (Wildman–Crippen LogP) is 2.98. The Balaban J connectivity index is 4.28. The average Bonchev–Trinajstić information content (AvgIpc) is 2.27. The summed E-state index contributed by atoms with van der Waals surface area (Å²) < 4.78 is 11.0. The molecule has 110 valence electrons. The molecule has 0 heterocycles. The topological polar surface area (TPSA) is 52.6 Å². The van der Waals surface area contributed by atoms with E-state index < -0.39 is 0 Å².